The number of halogens is 1. The van der Waals surface area contributed by atoms with Crippen molar-refractivity contribution in [3.8, 4) is 0 Å². The summed E-state index contributed by atoms with van der Waals surface area (Å²) in [4.78, 5) is 8.20. The molecule has 3 rings (SSSR count). The van der Waals surface area contributed by atoms with Gasteiger partial charge in [0.2, 0.25) is 10.0 Å². The Kier molecular flexibility index (Phi) is 4.54. The molecule has 24 heavy (non-hydrogen) atoms. The van der Waals surface area contributed by atoms with E-state index in [2.05, 4.69) is 19.8 Å². The third-order valence-corrected chi connectivity index (χ3v) is 5.17. The second kappa shape index (κ2) is 6.62. The van der Waals surface area contributed by atoms with Crippen molar-refractivity contribution in [3.63, 3.8) is 0 Å². The summed E-state index contributed by atoms with van der Waals surface area (Å²) in [5, 5.41) is 4.00. The summed E-state index contributed by atoms with van der Waals surface area (Å²) >= 11 is 0. The molecule has 7 nitrogen and oxygen atoms in total. The number of hydrogen-bond donors (Lipinski definition) is 1. The molecule has 2 heterocycles. The van der Waals surface area contributed by atoms with E-state index in [1.54, 1.807) is 17.6 Å². The summed E-state index contributed by atoms with van der Waals surface area (Å²) in [6.45, 7) is 1.84. The highest BCUT2D eigenvalue weighted by molar-refractivity contribution is 7.89. The van der Waals surface area contributed by atoms with Gasteiger partial charge in [0.05, 0.1) is 4.90 Å². The Balaban J connectivity index is 1.59. The molecule has 0 aliphatic rings. The zero-order valence-corrected chi connectivity index (χ0v) is 13.8. The van der Waals surface area contributed by atoms with Crippen LogP contribution >= 0.6 is 0 Å². The van der Waals surface area contributed by atoms with Gasteiger partial charge in [-0.2, -0.15) is 10.1 Å². The third-order valence-electron chi connectivity index (χ3n) is 3.55. The van der Waals surface area contributed by atoms with Crippen LogP contribution < -0.4 is 4.72 Å². The number of sulfonamides is 1. The van der Waals surface area contributed by atoms with Gasteiger partial charge in [0.25, 0.3) is 5.78 Å². The smallest absolute Gasteiger partial charge is 0.219 e. The molecule has 9 heteroatoms. The van der Waals surface area contributed by atoms with Gasteiger partial charge in [-0.15, -0.1) is 0 Å². The molecule has 3 aromatic rings. The fourth-order valence-corrected chi connectivity index (χ4v) is 3.68. The molecule has 1 aromatic carbocycles. The minimum atomic E-state index is -3.65. The highest BCUT2D eigenvalue weighted by atomic mass is 32.2. The molecule has 2 aromatic heterocycles. The molecule has 0 aliphatic carbocycles. The molecule has 0 radical (unpaired) electrons. The maximum absolute atomic E-state index is 13.1. The van der Waals surface area contributed by atoms with Gasteiger partial charge in [0.1, 0.15) is 12.1 Å². The van der Waals surface area contributed by atoms with Crippen molar-refractivity contribution in [2.24, 2.45) is 0 Å². The third kappa shape index (κ3) is 3.57. The molecule has 0 saturated heterocycles. The van der Waals surface area contributed by atoms with Gasteiger partial charge < -0.3 is 0 Å². The first-order valence-corrected chi connectivity index (χ1v) is 8.84. The highest BCUT2D eigenvalue weighted by Crippen LogP contribution is 2.16. The van der Waals surface area contributed by atoms with E-state index >= 15 is 0 Å². The number of nitrogens with one attached hydrogen (secondary N) is 1. The van der Waals surface area contributed by atoms with Crippen LogP contribution in [0.15, 0.2) is 41.8 Å². The lowest BCUT2D eigenvalue weighted by Crippen LogP contribution is -2.25. The van der Waals surface area contributed by atoms with E-state index in [-0.39, 0.29) is 11.4 Å². The predicted molar refractivity (Wildman–Crippen MR) is 85.4 cm³/mol. The molecule has 0 amide bonds. The number of aromatic nitrogens is 4. The molecule has 1 N–H and O–H groups in total. The molecule has 0 aliphatic heterocycles. The molecule has 0 atom stereocenters. The predicted octanol–water partition coefficient (Wildman–Crippen LogP) is 1.48. The van der Waals surface area contributed by atoms with Crippen molar-refractivity contribution in [1.29, 1.82) is 0 Å². The van der Waals surface area contributed by atoms with Crippen molar-refractivity contribution >= 4 is 15.8 Å². The van der Waals surface area contributed by atoms with Crippen molar-refractivity contribution in [1.82, 2.24) is 24.3 Å². The van der Waals surface area contributed by atoms with Crippen molar-refractivity contribution in [3.05, 3.63) is 53.9 Å². The Morgan fingerprint density at radius 2 is 2.12 bits per heavy atom. The van der Waals surface area contributed by atoms with Gasteiger partial charge in [-0.25, -0.2) is 27.0 Å². The van der Waals surface area contributed by atoms with Crippen molar-refractivity contribution in [2.45, 2.75) is 24.7 Å². The van der Waals surface area contributed by atoms with E-state index in [1.165, 1.54) is 18.5 Å². The summed E-state index contributed by atoms with van der Waals surface area (Å²) in [6.07, 6.45) is 6.18. The fourth-order valence-electron chi connectivity index (χ4n) is 2.38. The van der Waals surface area contributed by atoms with Gasteiger partial charge >= 0.3 is 0 Å². The molecular formula is C15H16FN5O2S. The zero-order valence-electron chi connectivity index (χ0n) is 13.0. The van der Waals surface area contributed by atoms with E-state index < -0.39 is 15.8 Å². The molecule has 0 fully saturated rings. The number of hydrogen-bond acceptors (Lipinski definition) is 5. The number of rotatable bonds is 6. The summed E-state index contributed by atoms with van der Waals surface area (Å²) in [7, 11) is -3.65. The Morgan fingerprint density at radius 1 is 1.29 bits per heavy atom. The Labute approximate surface area is 138 Å². The lowest BCUT2D eigenvalue weighted by molar-refractivity contribution is 0.577. The Bertz CT molecular complexity index is 971. The first-order valence-electron chi connectivity index (χ1n) is 7.36. The van der Waals surface area contributed by atoms with Crippen LogP contribution in [-0.2, 0) is 16.4 Å². The van der Waals surface area contributed by atoms with Crippen LogP contribution in [0.1, 0.15) is 17.5 Å². The van der Waals surface area contributed by atoms with Crippen LogP contribution in [-0.4, -0.2) is 34.5 Å². The number of nitrogens with zero attached hydrogens (tertiary/aromatic N) is 4. The van der Waals surface area contributed by atoms with Crippen LogP contribution in [0.2, 0.25) is 0 Å². The molecule has 0 bridgehead atoms. The van der Waals surface area contributed by atoms with Crippen LogP contribution in [0.3, 0.4) is 0 Å². The first-order chi connectivity index (χ1) is 11.5. The van der Waals surface area contributed by atoms with E-state index in [9.17, 15) is 12.8 Å². The lowest BCUT2D eigenvalue weighted by atomic mass is 10.2. The van der Waals surface area contributed by atoms with Crippen LogP contribution in [0.5, 0.6) is 0 Å². The standard InChI is InChI=1S/C15H16FN5O2S/c1-11-7-13(16)4-5-14(11)24(22,23)20-6-2-3-12-8-17-15-18-10-19-21(15)9-12/h4-5,7-10,20H,2-3,6H2,1H3. The zero-order chi connectivity index (χ0) is 17.2. The van der Waals surface area contributed by atoms with Gasteiger partial charge in [0.15, 0.2) is 0 Å². The Hall–Kier alpha value is -2.39. The molecular weight excluding hydrogens is 333 g/mol. The van der Waals surface area contributed by atoms with Crippen LogP contribution in [0.25, 0.3) is 5.78 Å². The minimum absolute atomic E-state index is 0.0922. The normalized spacial score (nSPS) is 11.9. The number of benzene rings is 1. The average molecular weight is 349 g/mol. The summed E-state index contributed by atoms with van der Waals surface area (Å²) in [5.41, 5.74) is 1.31. The van der Waals surface area contributed by atoms with Crippen LogP contribution in [0, 0.1) is 12.7 Å². The maximum atomic E-state index is 13.1. The van der Waals surface area contributed by atoms with Crippen molar-refractivity contribution in [2.75, 3.05) is 6.54 Å². The van der Waals surface area contributed by atoms with Gasteiger partial charge in [0, 0.05) is 18.9 Å². The lowest BCUT2D eigenvalue weighted by Gasteiger charge is -2.09. The minimum Gasteiger partial charge on any atom is -0.219 e. The number of fused-ring (bicyclic) bond motifs is 1. The topological polar surface area (TPSA) is 89.2 Å². The van der Waals surface area contributed by atoms with Crippen LogP contribution in [0.4, 0.5) is 4.39 Å². The molecule has 0 unspecified atom stereocenters. The largest absolute Gasteiger partial charge is 0.252 e. The molecule has 126 valence electrons. The molecule has 0 saturated carbocycles. The number of aryl methyl sites for hydroxylation is 2. The second-order valence-electron chi connectivity index (χ2n) is 5.38. The van der Waals surface area contributed by atoms with Gasteiger partial charge in [-0.3, -0.25) is 0 Å². The highest BCUT2D eigenvalue weighted by Gasteiger charge is 2.16. The van der Waals surface area contributed by atoms with Gasteiger partial charge in [-0.1, -0.05) is 0 Å². The SMILES string of the molecule is Cc1cc(F)ccc1S(=O)(=O)NCCCc1cnc2ncnn2c1. The Morgan fingerprint density at radius 3 is 2.92 bits per heavy atom. The van der Waals surface area contributed by atoms with E-state index in [1.807, 2.05) is 6.20 Å². The fraction of sp³-hybridized carbons (Fsp3) is 0.267. The van der Waals surface area contributed by atoms with E-state index in [0.29, 0.717) is 24.2 Å². The first kappa shape index (κ1) is 16.5. The van der Waals surface area contributed by atoms with E-state index in [0.717, 1.165) is 11.6 Å². The quantitative estimate of drug-likeness (QED) is 0.681. The van der Waals surface area contributed by atoms with Gasteiger partial charge in [-0.05, 0) is 49.1 Å². The summed E-state index contributed by atoms with van der Waals surface area (Å²) < 4.78 is 41.7. The maximum Gasteiger partial charge on any atom is 0.252 e. The second-order valence-corrected chi connectivity index (χ2v) is 7.11. The summed E-state index contributed by atoms with van der Waals surface area (Å²) in [5.74, 6) is 0.0636. The van der Waals surface area contributed by atoms with Crippen molar-refractivity contribution < 1.29 is 12.8 Å². The molecule has 0 spiro atoms. The average Bonchev–Trinajstić information content (AvgIpc) is 2.99. The summed E-state index contributed by atoms with van der Waals surface area (Å²) in [6, 6.07) is 3.61. The monoisotopic (exact) mass is 349 g/mol. The van der Waals surface area contributed by atoms with E-state index in [4.69, 9.17) is 0 Å².